The van der Waals surface area contributed by atoms with Crippen molar-refractivity contribution in [2.45, 2.75) is 40.0 Å². The van der Waals surface area contributed by atoms with E-state index in [2.05, 4.69) is 46.3 Å². The van der Waals surface area contributed by atoms with Crippen LogP contribution >= 0.6 is 0 Å². The van der Waals surface area contributed by atoms with Gasteiger partial charge in [-0.1, -0.05) is 19.9 Å². The molecule has 2 rings (SSSR count). The molecule has 1 aromatic heterocycles. The van der Waals surface area contributed by atoms with Crippen molar-refractivity contribution in [3.05, 3.63) is 42.0 Å². The quantitative estimate of drug-likeness (QED) is 0.553. The molecule has 0 aliphatic carbocycles. The van der Waals surface area contributed by atoms with Crippen LogP contribution in [0.3, 0.4) is 0 Å². The molecule has 0 aliphatic heterocycles. The van der Waals surface area contributed by atoms with Crippen LogP contribution in [0.15, 0.2) is 30.6 Å². The lowest BCUT2D eigenvalue weighted by Gasteiger charge is -2.22. The van der Waals surface area contributed by atoms with Gasteiger partial charge in [0.1, 0.15) is 18.5 Å². The summed E-state index contributed by atoms with van der Waals surface area (Å²) >= 11 is 0. The predicted octanol–water partition coefficient (Wildman–Crippen LogP) is 2.41. The standard InChI is InChI=1S/C22H36N4O3/c1-6-25(7-2)16-20(27)17-29-22-14-19(8-9-21(22)28-5)15-24(4)12-13-26-11-10-23-18(26)3/h8-11,14,20,27H,6-7,12-13,15-17H2,1-5H3. The average molecular weight is 405 g/mol. The highest BCUT2D eigenvalue weighted by molar-refractivity contribution is 5.43. The monoisotopic (exact) mass is 404 g/mol. The highest BCUT2D eigenvalue weighted by atomic mass is 16.5. The number of methoxy groups -OCH3 is 1. The third-order valence-corrected chi connectivity index (χ3v) is 5.12. The van der Waals surface area contributed by atoms with Gasteiger partial charge in [-0.3, -0.25) is 0 Å². The minimum atomic E-state index is -0.538. The molecular formula is C22H36N4O3. The van der Waals surface area contributed by atoms with Crippen molar-refractivity contribution in [1.82, 2.24) is 19.4 Å². The number of rotatable bonds is 13. The summed E-state index contributed by atoms with van der Waals surface area (Å²) in [6.07, 6.45) is 3.30. The molecule has 1 N–H and O–H groups in total. The number of aliphatic hydroxyl groups is 1. The minimum Gasteiger partial charge on any atom is -0.493 e. The number of ether oxygens (including phenoxy) is 2. The highest BCUT2D eigenvalue weighted by Gasteiger charge is 2.13. The Labute approximate surface area is 174 Å². The molecule has 0 aliphatic rings. The molecular weight excluding hydrogens is 368 g/mol. The molecule has 162 valence electrons. The summed E-state index contributed by atoms with van der Waals surface area (Å²) in [5.41, 5.74) is 1.14. The number of aryl methyl sites for hydroxylation is 1. The number of hydrogen-bond donors (Lipinski definition) is 1. The Hall–Kier alpha value is -2.09. The Balaban J connectivity index is 1.92. The Morgan fingerprint density at radius 3 is 2.59 bits per heavy atom. The van der Waals surface area contributed by atoms with E-state index in [0.717, 1.165) is 44.1 Å². The van der Waals surface area contributed by atoms with E-state index in [1.807, 2.05) is 31.5 Å². The molecule has 1 unspecified atom stereocenters. The molecule has 1 atom stereocenters. The maximum Gasteiger partial charge on any atom is 0.161 e. The smallest absolute Gasteiger partial charge is 0.161 e. The van der Waals surface area contributed by atoms with Crippen LogP contribution in [0.1, 0.15) is 25.2 Å². The number of likely N-dealkylation sites (N-methyl/N-ethyl adjacent to an activating group) is 2. The molecule has 0 bridgehead atoms. The molecule has 0 amide bonds. The van der Waals surface area contributed by atoms with Gasteiger partial charge in [-0.05, 0) is 44.8 Å². The van der Waals surface area contributed by atoms with E-state index in [-0.39, 0.29) is 6.61 Å². The van der Waals surface area contributed by atoms with E-state index in [4.69, 9.17) is 9.47 Å². The van der Waals surface area contributed by atoms with Gasteiger partial charge in [0, 0.05) is 38.6 Å². The zero-order chi connectivity index (χ0) is 21.2. The maximum atomic E-state index is 10.3. The lowest BCUT2D eigenvalue weighted by Crippen LogP contribution is -2.35. The first-order valence-corrected chi connectivity index (χ1v) is 10.3. The lowest BCUT2D eigenvalue weighted by atomic mass is 10.2. The van der Waals surface area contributed by atoms with E-state index in [1.165, 1.54) is 0 Å². The van der Waals surface area contributed by atoms with Gasteiger partial charge in [-0.15, -0.1) is 0 Å². The number of benzene rings is 1. The van der Waals surface area contributed by atoms with Gasteiger partial charge in [0.05, 0.1) is 7.11 Å². The van der Waals surface area contributed by atoms with Crippen LogP contribution in [-0.4, -0.2) is 77.5 Å². The molecule has 7 nitrogen and oxygen atoms in total. The van der Waals surface area contributed by atoms with Gasteiger partial charge in [-0.25, -0.2) is 4.98 Å². The molecule has 7 heteroatoms. The molecule has 29 heavy (non-hydrogen) atoms. The number of hydrogen-bond acceptors (Lipinski definition) is 6. The third-order valence-electron chi connectivity index (χ3n) is 5.12. The van der Waals surface area contributed by atoms with Gasteiger partial charge in [0.15, 0.2) is 11.5 Å². The topological polar surface area (TPSA) is 63.0 Å². The van der Waals surface area contributed by atoms with Gasteiger partial charge in [0.2, 0.25) is 0 Å². The van der Waals surface area contributed by atoms with Crippen LogP contribution in [-0.2, 0) is 13.1 Å². The van der Waals surface area contributed by atoms with Gasteiger partial charge in [-0.2, -0.15) is 0 Å². The second-order valence-electron chi connectivity index (χ2n) is 7.34. The first-order chi connectivity index (χ1) is 14.0. The van der Waals surface area contributed by atoms with Gasteiger partial charge < -0.3 is 28.9 Å². The van der Waals surface area contributed by atoms with Gasteiger partial charge in [0.25, 0.3) is 0 Å². The first kappa shape index (κ1) is 23.2. The number of aromatic nitrogens is 2. The van der Waals surface area contributed by atoms with Crippen molar-refractivity contribution in [2.75, 3.05) is 46.9 Å². The normalized spacial score (nSPS) is 12.6. The number of imidazole rings is 1. The van der Waals surface area contributed by atoms with Crippen molar-refractivity contribution in [1.29, 1.82) is 0 Å². The van der Waals surface area contributed by atoms with Crippen LogP contribution in [0.25, 0.3) is 0 Å². The Morgan fingerprint density at radius 1 is 1.21 bits per heavy atom. The summed E-state index contributed by atoms with van der Waals surface area (Å²) in [7, 11) is 3.73. The summed E-state index contributed by atoms with van der Waals surface area (Å²) in [5.74, 6) is 2.38. The molecule has 0 radical (unpaired) electrons. The predicted molar refractivity (Wildman–Crippen MR) is 116 cm³/mol. The minimum absolute atomic E-state index is 0.242. The van der Waals surface area contributed by atoms with E-state index < -0.39 is 6.10 Å². The lowest BCUT2D eigenvalue weighted by molar-refractivity contribution is 0.0705. The molecule has 0 saturated carbocycles. The number of aliphatic hydroxyl groups excluding tert-OH is 1. The van der Waals surface area contributed by atoms with Gasteiger partial charge >= 0.3 is 0 Å². The van der Waals surface area contributed by atoms with Crippen LogP contribution < -0.4 is 9.47 Å². The Bertz CT molecular complexity index is 731. The van der Waals surface area contributed by atoms with E-state index in [1.54, 1.807) is 7.11 Å². The first-order valence-electron chi connectivity index (χ1n) is 10.3. The number of nitrogens with zero attached hydrogens (tertiary/aromatic N) is 4. The summed E-state index contributed by atoms with van der Waals surface area (Å²) in [6, 6.07) is 5.98. The summed E-state index contributed by atoms with van der Waals surface area (Å²) < 4.78 is 13.5. The fourth-order valence-corrected chi connectivity index (χ4v) is 3.26. The summed E-state index contributed by atoms with van der Waals surface area (Å²) in [4.78, 5) is 8.71. The van der Waals surface area contributed by atoms with Crippen molar-refractivity contribution in [3.8, 4) is 11.5 Å². The fraction of sp³-hybridized carbons (Fsp3) is 0.591. The van der Waals surface area contributed by atoms with Crippen LogP contribution in [0.5, 0.6) is 11.5 Å². The molecule has 1 heterocycles. The molecule has 0 spiro atoms. The van der Waals surface area contributed by atoms with Crippen LogP contribution in [0.4, 0.5) is 0 Å². The second-order valence-corrected chi connectivity index (χ2v) is 7.34. The van der Waals surface area contributed by atoms with Crippen molar-refractivity contribution in [2.24, 2.45) is 0 Å². The Kier molecular flexibility index (Phi) is 9.44. The van der Waals surface area contributed by atoms with Crippen LogP contribution in [0, 0.1) is 6.92 Å². The van der Waals surface area contributed by atoms with E-state index in [9.17, 15) is 5.11 Å². The molecule has 1 aromatic carbocycles. The largest absolute Gasteiger partial charge is 0.493 e. The van der Waals surface area contributed by atoms with Crippen molar-refractivity contribution < 1.29 is 14.6 Å². The van der Waals surface area contributed by atoms with Crippen molar-refractivity contribution >= 4 is 0 Å². The third kappa shape index (κ3) is 7.34. The fourth-order valence-electron chi connectivity index (χ4n) is 3.26. The van der Waals surface area contributed by atoms with Crippen LogP contribution in [0.2, 0.25) is 0 Å². The zero-order valence-corrected chi connectivity index (χ0v) is 18.5. The Morgan fingerprint density at radius 2 is 1.97 bits per heavy atom. The molecule has 0 fully saturated rings. The molecule has 0 saturated heterocycles. The maximum absolute atomic E-state index is 10.3. The SMILES string of the molecule is CCN(CC)CC(O)COc1cc(CN(C)CCn2ccnc2C)ccc1OC. The summed E-state index contributed by atoms with van der Waals surface area (Å²) in [6.45, 7) is 11.5. The average Bonchev–Trinajstić information content (AvgIpc) is 3.13. The second kappa shape index (κ2) is 11.8. The van der Waals surface area contributed by atoms with Crippen molar-refractivity contribution in [3.63, 3.8) is 0 Å². The van der Waals surface area contributed by atoms with E-state index >= 15 is 0 Å². The zero-order valence-electron chi connectivity index (χ0n) is 18.5. The summed E-state index contributed by atoms with van der Waals surface area (Å²) in [5, 5.41) is 10.3. The highest BCUT2D eigenvalue weighted by Crippen LogP contribution is 2.28. The molecule has 2 aromatic rings. The van der Waals surface area contributed by atoms with E-state index in [0.29, 0.717) is 18.0 Å².